The predicted octanol–water partition coefficient (Wildman–Crippen LogP) is 1.79. The van der Waals surface area contributed by atoms with Gasteiger partial charge in [-0.2, -0.15) is 23.1 Å². The average molecular weight is 368 g/mol. The number of nitrogens with zero attached hydrogens (tertiary/aromatic N) is 3. The van der Waals surface area contributed by atoms with Crippen LogP contribution in [0.1, 0.15) is 48.8 Å². The van der Waals surface area contributed by atoms with Gasteiger partial charge in [-0.15, -0.1) is 5.10 Å². The van der Waals surface area contributed by atoms with E-state index in [0.29, 0.717) is 6.54 Å². The summed E-state index contributed by atoms with van der Waals surface area (Å²) in [6.07, 6.45) is -5.09. The normalized spacial score (nSPS) is 22.4. The van der Waals surface area contributed by atoms with Crippen LogP contribution in [-0.4, -0.2) is 40.7 Å². The topological polar surface area (TPSA) is 94.0 Å². The van der Waals surface area contributed by atoms with Crippen molar-refractivity contribution >= 4 is 15.9 Å². The maximum atomic E-state index is 12.6. The molecular weight excluding hydrogens is 349 g/mol. The molecule has 2 rings (SSSR count). The molecule has 1 aliphatic carbocycles. The van der Waals surface area contributed by atoms with E-state index in [4.69, 9.17) is 0 Å². The number of rotatable bonds is 4. The summed E-state index contributed by atoms with van der Waals surface area (Å²) in [4.78, 5) is 13.3. The highest BCUT2D eigenvalue weighted by molar-refractivity contribution is 7.90. The summed E-state index contributed by atoms with van der Waals surface area (Å²) in [5.74, 6) is -2.39. The van der Waals surface area contributed by atoms with Crippen LogP contribution in [0, 0.1) is 12.8 Å². The highest BCUT2D eigenvalue weighted by Gasteiger charge is 2.44. The van der Waals surface area contributed by atoms with Crippen molar-refractivity contribution < 1.29 is 26.4 Å². The molecule has 1 N–H and O–H groups in total. The minimum atomic E-state index is -4.31. The van der Waals surface area contributed by atoms with Crippen LogP contribution in [0.4, 0.5) is 13.2 Å². The summed E-state index contributed by atoms with van der Waals surface area (Å²) in [5.41, 5.74) is 0.176. The number of nitrogens with one attached hydrogen (secondary N) is 1. The van der Waals surface area contributed by atoms with E-state index in [1.54, 1.807) is 6.92 Å². The molecule has 0 aromatic carbocycles. The monoisotopic (exact) mass is 368 g/mol. The van der Waals surface area contributed by atoms with E-state index in [2.05, 4.69) is 10.2 Å². The van der Waals surface area contributed by atoms with Crippen molar-refractivity contribution in [3.8, 4) is 0 Å². The Balaban J connectivity index is 2.04. The van der Waals surface area contributed by atoms with Crippen LogP contribution in [0.3, 0.4) is 0 Å². The lowest BCUT2D eigenvalue weighted by Crippen LogP contribution is -2.41. The van der Waals surface area contributed by atoms with Gasteiger partial charge in [0.1, 0.15) is 0 Å². The third kappa shape index (κ3) is 4.05. The molecule has 0 atom stereocenters. The van der Waals surface area contributed by atoms with Gasteiger partial charge < -0.3 is 0 Å². The molecule has 0 spiro atoms. The van der Waals surface area contributed by atoms with Crippen LogP contribution >= 0.6 is 0 Å². The maximum absolute atomic E-state index is 12.6. The molecule has 0 aliphatic heterocycles. The van der Waals surface area contributed by atoms with Crippen molar-refractivity contribution in [1.82, 2.24) is 19.7 Å². The zero-order valence-electron chi connectivity index (χ0n) is 13.3. The number of aryl methyl sites for hydroxylation is 2. The Morgan fingerprint density at radius 2 is 1.83 bits per heavy atom. The molecule has 1 saturated carbocycles. The van der Waals surface area contributed by atoms with E-state index in [1.165, 1.54) is 11.7 Å². The van der Waals surface area contributed by atoms with Gasteiger partial charge in [-0.25, -0.2) is 13.1 Å². The molecule has 0 radical (unpaired) electrons. The first-order chi connectivity index (χ1) is 11.0. The third-order valence-corrected chi connectivity index (χ3v) is 5.95. The fourth-order valence-corrected chi connectivity index (χ4v) is 4.16. The number of sulfonamides is 1. The van der Waals surface area contributed by atoms with Gasteiger partial charge in [0.2, 0.25) is 10.0 Å². The SMILES string of the molecule is CCn1nc(C)c(C(=O)NS(=O)(=O)C2CCC(C(F)(F)F)CC2)n1. The summed E-state index contributed by atoms with van der Waals surface area (Å²) in [5, 5.41) is 6.82. The Kier molecular flexibility index (Phi) is 5.21. The molecule has 1 amide bonds. The lowest BCUT2D eigenvalue weighted by atomic mass is 9.88. The predicted molar refractivity (Wildman–Crippen MR) is 78.6 cm³/mol. The van der Waals surface area contributed by atoms with E-state index in [9.17, 15) is 26.4 Å². The zero-order valence-corrected chi connectivity index (χ0v) is 14.1. The second-order valence-electron chi connectivity index (χ2n) is 5.81. The van der Waals surface area contributed by atoms with Crippen molar-refractivity contribution in [2.45, 2.75) is 57.5 Å². The Bertz CT molecular complexity index is 707. The lowest BCUT2D eigenvalue weighted by molar-refractivity contribution is -0.181. The van der Waals surface area contributed by atoms with Gasteiger partial charge >= 0.3 is 6.18 Å². The fourth-order valence-electron chi connectivity index (χ4n) is 2.74. The van der Waals surface area contributed by atoms with Crippen molar-refractivity contribution in [2.24, 2.45) is 5.92 Å². The molecule has 1 fully saturated rings. The van der Waals surface area contributed by atoms with Crippen molar-refractivity contribution in [2.75, 3.05) is 0 Å². The molecule has 7 nitrogen and oxygen atoms in total. The van der Waals surface area contributed by atoms with E-state index in [-0.39, 0.29) is 37.1 Å². The number of hydrogen-bond donors (Lipinski definition) is 1. The smallest absolute Gasteiger partial charge is 0.266 e. The molecule has 0 unspecified atom stereocenters. The van der Waals surface area contributed by atoms with Crippen molar-refractivity contribution in [1.29, 1.82) is 0 Å². The molecule has 0 saturated heterocycles. The fraction of sp³-hybridized carbons (Fsp3) is 0.769. The molecule has 136 valence electrons. The van der Waals surface area contributed by atoms with Crippen molar-refractivity contribution in [3.05, 3.63) is 11.4 Å². The highest BCUT2D eigenvalue weighted by atomic mass is 32.2. The Hall–Kier alpha value is -1.65. The van der Waals surface area contributed by atoms with Gasteiger partial charge in [-0.1, -0.05) is 0 Å². The maximum Gasteiger partial charge on any atom is 0.391 e. The van der Waals surface area contributed by atoms with E-state index in [1.807, 2.05) is 4.72 Å². The number of carbonyl (C=O) groups excluding carboxylic acids is 1. The molecular formula is C13H19F3N4O3S. The number of hydrogen-bond acceptors (Lipinski definition) is 5. The summed E-state index contributed by atoms with van der Waals surface area (Å²) >= 11 is 0. The molecule has 11 heteroatoms. The van der Waals surface area contributed by atoms with Gasteiger partial charge in [-0.05, 0) is 39.5 Å². The summed E-state index contributed by atoms with van der Waals surface area (Å²) in [7, 11) is -4.06. The van der Waals surface area contributed by atoms with Crippen molar-refractivity contribution in [3.63, 3.8) is 0 Å². The third-order valence-electron chi connectivity index (χ3n) is 4.13. The summed E-state index contributed by atoms with van der Waals surface area (Å²) in [6.45, 7) is 3.70. The molecule has 1 aromatic rings. The van der Waals surface area contributed by atoms with Crippen LogP contribution < -0.4 is 4.72 Å². The van der Waals surface area contributed by atoms with E-state index >= 15 is 0 Å². The van der Waals surface area contributed by atoms with E-state index < -0.39 is 33.3 Å². The largest absolute Gasteiger partial charge is 0.391 e. The average Bonchev–Trinajstić information content (AvgIpc) is 2.87. The minimum Gasteiger partial charge on any atom is -0.266 e. The summed E-state index contributed by atoms with van der Waals surface area (Å²) < 4.78 is 64.3. The van der Waals surface area contributed by atoms with Crippen LogP contribution in [-0.2, 0) is 16.6 Å². The molecule has 0 bridgehead atoms. The van der Waals surface area contributed by atoms with Gasteiger partial charge in [-0.3, -0.25) is 4.79 Å². The first-order valence-corrected chi connectivity index (χ1v) is 9.13. The Labute approximate surface area is 137 Å². The number of alkyl halides is 3. The molecule has 1 aromatic heterocycles. The highest BCUT2D eigenvalue weighted by Crippen LogP contribution is 2.38. The second-order valence-corrected chi connectivity index (χ2v) is 7.77. The van der Waals surface area contributed by atoms with E-state index in [0.717, 1.165) is 0 Å². The quantitative estimate of drug-likeness (QED) is 0.874. The molecule has 1 heterocycles. The van der Waals surface area contributed by atoms with Crippen LogP contribution in [0.2, 0.25) is 0 Å². The number of amides is 1. The lowest BCUT2D eigenvalue weighted by Gasteiger charge is -2.29. The van der Waals surface area contributed by atoms with Crippen LogP contribution in [0.25, 0.3) is 0 Å². The standard InChI is InChI=1S/C13H19F3N4O3S/c1-3-20-17-8(2)11(18-20)12(21)19-24(22,23)10-6-4-9(5-7-10)13(14,15)16/h9-10H,3-7H2,1-2H3,(H,19,21). The van der Waals surface area contributed by atoms with Gasteiger partial charge in [0.05, 0.1) is 23.4 Å². The first-order valence-electron chi connectivity index (χ1n) is 7.59. The van der Waals surface area contributed by atoms with Gasteiger partial charge in [0.15, 0.2) is 5.69 Å². The minimum absolute atomic E-state index is 0.107. The number of halogens is 3. The summed E-state index contributed by atoms with van der Waals surface area (Å²) in [6, 6.07) is 0. The number of carbonyl (C=O) groups is 1. The van der Waals surface area contributed by atoms with Gasteiger partial charge in [0, 0.05) is 0 Å². The molecule has 24 heavy (non-hydrogen) atoms. The van der Waals surface area contributed by atoms with Crippen LogP contribution in [0.5, 0.6) is 0 Å². The zero-order chi connectivity index (χ0) is 18.1. The van der Waals surface area contributed by atoms with Gasteiger partial charge in [0.25, 0.3) is 5.91 Å². The first kappa shape index (κ1) is 18.7. The number of aromatic nitrogens is 3. The molecule has 1 aliphatic rings. The Morgan fingerprint density at radius 3 is 2.29 bits per heavy atom. The van der Waals surface area contributed by atoms with Crippen LogP contribution in [0.15, 0.2) is 0 Å². The Morgan fingerprint density at radius 1 is 1.25 bits per heavy atom. The second kappa shape index (κ2) is 6.69.